The molecule has 1 N–H and O–H groups in total. The van der Waals surface area contributed by atoms with Gasteiger partial charge in [0.25, 0.3) is 5.91 Å². The first-order chi connectivity index (χ1) is 13.9. The summed E-state index contributed by atoms with van der Waals surface area (Å²) in [5, 5.41) is 2.89. The van der Waals surface area contributed by atoms with Gasteiger partial charge in [-0.15, -0.1) is 0 Å². The Bertz CT molecular complexity index is 989. The minimum absolute atomic E-state index is 0.0312. The maximum atomic E-state index is 12.7. The second-order valence-corrected chi connectivity index (χ2v) is 8.85. The molecule has 0 aliphatic carbocycles. The maximum absolute atomic E-state index is 12.7. The molecule has 1 aliphatic rings. The van der Waals surface area contributed by atoms with Crippen molar-refractivity contribution in [3.63, 3.8) is 0 Å². The number of esters is 1. The summed E-state index contributed by atoms with van der Waals surface area (Å²) in [5.41, 5.74) is 0.0560. The molecular weight excluding hydrogens is 418 g/mol. The number of sulfonamides is 1. The summed E-state index contributed by atoms with van der Waals surface area (Å²) in [6.45, 7) is 0.401. The zero-order valence-corrected chi connectivity index (χ0v) is 17.1. The van der Waals surface area contributed by atoms with Gasteiger partial charge >= 0.3 is 5.97 Å². The molecule has 2 aromatic rings. The number of rotatable bonds is 6. The lowest BCUT2D eigenvalue weighted by atomic mass is 10.2. The topological polar surface area (TPSA) is 106 Å². The Labute approximate surface area is 173 Å². The second kappa shape index (κ2) is 9.34. The van der Waals surface area contributed by atoms with Crippen LogP contribution in [0.5, 0.6) is 0 Å². The Morgan fingerprint density at radius 1 is 1.14 bits per heavy atom. The number of amides is 1. The highest BCUT2D eigenvalue weighted by Crippen LogP contribution is 2.21. The van der Waals surface area contributed by atoms with Crippen molar-refractivity contribution < 1.29 is 22.7 Å². The number of anilines is 1. The van der Waals surface area contributed by atoms with Gasteiger partial charge in [0.15, 0.2) is 6.61 Å². The first-order valence-corrected chi connectivity index (χ1v) is 10.9. The molecule has 0 saturated carbocycles. The fraction of sp³-hybridized carbons (Fsp3) is 0.316. The Hall–Kier alpha value is -2.49. The van der Waals surface area contributed by atoms with Crippen LogP contribution in [0.25, 0.3) is 0 Å². The van der Waals surface area contributed by atoms with E-state index in [4.69, 9.17) is 16.3 Å². The van der Waals surface area contributed by atoms with E-state index < -0.39 is 28.5 Å². The Morgan fingerprint density at radius 2 is 1.90 bits per heavy atom. The number of piperidine rings is 1. The van der Waals surface area contributed by atoms with Crippen LogP contribution in [0.3, 0.4) is 0 Å². The number of hydrogen-bond donors (Lipinski definition) is 1. The zero-order valence-electron chi connectivity index (χ0n) is 15.5. The second-order valence-electron chi connectivity index (χ2n) is 6.48. The third-order valence-electron chi connectivity index (χ3n) is 4.35. The number of pyridine rings is 1. The number of carbonyl (C=O) groups is 2. The van der Waals surface area contributed by atoms with Crippen LogP contribution in [-0.4, -0.2) is 49.3 Å². The number of hydrogen-bond acceptors (Lipinski definition) is 6. The lowest BCUT2D eigenvalue weighted by Gasteiger charge is -2.25. The van der Waals surface area contributed by atoms with Crippen molar-refractivity contribution in [3.05, 3.63) is 53.2 Å². The number of nitrogens with one attached hydrogen (secondary N) is 1. The van der Waals surface area contributed by atoms with Crippen molar-refractivity contribution in [3.8, 4) is 0 Å². The quantitative estimate of drug-likeness (QED) is 0.696. The van der Waals surface area contributed by atoms with Gasteiger partial charge in [-0.05, 0) is 43.2 Å². The predicted octanol–water partition coefficient (Wildman–Crippen LogP) is 2.71. The molecule has 0 radical (unpaired) electrons. The van der Waals surface area contributed by atoms with Gasteiger partial charge in [-0.25, -0.2) is 18.2 Å². The molecule has 2 heterocycles. The largest absolute Gasteiger partial charge is 0.452 e. The molecule has 10 heteroatoms. The van der Waals surface area contributed by atoms with Crippen LogP contribution in [0.4, 0.5) is 5.82 Å². The van der Waals surface area contributed by atoms with Crippen molar-refractivity contribution >= 4 is 39.3 Å². The summed E-state index contributed by atoms with van der Waals surface area (Å²) in [4.78, 5) is 28.1. The highest BCUT2D eigenvalue weighted by atomic mass is 35.5. The van der Waals surface area contributed by atoms with Gasteiger partial charge in [-0.2, -0.15) is 4.31 Å². The average Bonchev–Trinajstić information content (AvgIpc) is 2.74. The molecule has 1 amide bonds. The lowest BCUT2D eigenvalue weighted by molar-refractivity contribution is -0.119. The van der Waals surface area contributed by atoms with E-state index in [1.807, 2.05) is 0 Å². The summed E-state index contributed by atoms with van der Waals surface area (Å²) >= 11 is 5.72. The minimum Gasteiger partial charge on any atom is -0.452 e. The highest BCUT2D eigenvalue weighted by Gasteiger charge is 2.26. The fourth-order valence-electron chi connectivity index (χ4n) is 2.88. The maximum Gasteiger partial charge on any atom is 0.338 e. The number of halogens is 1. The van der Waals surface area contributed by atoms with E-state index in [9.17, 15) is 18.0 Å². The summed E-state index contributed by atoms with van der Waals surface area (Å²) in [5.74, 6) is -1.10. The summed E-state index contributed by atoms with van der Waals surface area (Å²) in [6, 6.07) is 8.70. The van der Waals surface area contributed by atoms with E-state index in [1.54, 1.807) is 6.07 Å². The summed E-state index contributed by atoms with van der Waals surface area (Å²) < 4.78 is 31.9. The smallest absolute Gasteiger partial charge is 0.338 e. The van der Waals surface area contributed by atoms with Crippen LogP contribution in [0.15, 0.2) is 47.5 Å². The number of benzene rings is 1. The molecule has 1 aromatic heterocycles. The number of ether oxygens (including phenoxy) is 1. The van der Waals surface area contributed by atoms with Crippen molar-refractivity contribution in [1.29, 1.82) is 0 Å². The molecular formula is C19H20ClN3O5S. The Kier molecular flexibility index (Phi) is 6.83. The molecule has 1 aromatic carbocycles. The van der Waals surface area contributed by atoms with Gasteiger partial charge in [-0.1, -0.05) is 24.1 Å². The molecule has 154 valence electrons. The van der Waals surface area contributed by atoms with Crippen molar-refractivity contribution in [2.75, 3.05) is 25.0 Å². The van der Waals surface area contributed by atoms with Crippen LogP contribution < -0.4 is 5.32 Å². The standard InChI is InChI=1S/C19H20ClN3O5S/c20-15-7-8-17(21-12-15)22-18(24)13-28-19(25)14-5-4-6-16(11-14)29(26,27)23-9-2-1-3-10-23/h4-8,11-12H,1-3,9-10,13H2,(H,21,22,24). The molecule has 29 heavy (non-hydrogen) atoms. The Morgan fingerprint density at radius 3 is 2.59 bits per heavy atom. The SMILES string of the molecule is O=C(COC(=O)c1cccc(S(=O)(=O)N2CCCCC2)c1)Nc1ccc(Cl)cn1. The summed E-state index contributed by atoms with van der Waals surface area (Å²) in [7, 11) is -3.67. The van der Waals surface area contributed by atoms with Crippen molar-refractivity contribution in [2.45, 2.75) is 24.2 Å². The lowest BCUT2D eigenvalue weighted by Crippen LogP contribution is -2.35. The average molecular weight is 438 g/mol. The predicted molar refractivity (Wildman–Crippen MR) is 107 cm³/mol. The van der Waals surface area contributed by atoms with E-state index >= 15 is 0 Å². The third kappa shape index (κ3) is 5.53. The molecule has 3 rings (SSSR count). The monoisotopic (exact) mass is 437 g/mol. The molecule has 1 fully saturated rings. The van der Waals surface area contributed by atoms with Gasteiger partial charge in [-0.3, -0.25) is 4.79 Å². The molecule has 1 saturated heterocycles. The van der Waals surface area contributed by atoms with E-state index in [0.29, 0.717) is 18.1 Å². The van der Waals surface area contributed by atoms with E-state index in [2.05, 4.69) is 10.3 Å². The first-order valence-electron chi connectivity index (χ1n) is 9.05. The van der Waals surface area contributed by atoms with Gasteiger partial charge in [0, 0.05) is 19.3 Å². The number of nitrogens with zero attached hydrogens (tertiary/aromatic N) is 2. The minimum atomic E-state index is -3.67. The van der Waals surface area contributed by atoms with Crippen LogP contribution >= 0.6 is 11.6 Å². The van der Waals surface area contributed by atoms with Crippen LogP contribution in [-0.2, 0) is 19.6 Å². The summed E-state index contributed by atoms with van der Waals surface area (Å²) in [6.07, 6.45) is 4.01. The third-order valence-corrected chi connectivity index (χ3v) is 6.47. The van der Waals surface area contributed by atoms with Crippen LogP contribution in [0.2, 0.25) is 5.02 Å². The highest BCUT2D eigenvalue weighted by molar-refractivity contribution is 7.89. The number of carbonyl (C=O) groups excluding carboxylic acids is 2. The van der Waals surface area contributed by atoms with Crippen LogP contribution in [0.1, 0.15) is 29.6 Å². The first kappa shape index (κ1) is 21.2. The normalized spacial score (nSPS) is 14.9. The molecule has 1 aliphatic heterocycles. The van der Waals surface area contributed by atoms with E-state index in [1.165, 1.54) is 40.8 Å². The molecule has 0 unspecified atom stereocenters. The molecule has 0 atom stereocenters. The number of aromatic nitrogens is 1. The van der Waals surface area contributed by atoms with E-state index in [0.717, 1.165) is 19.3 Å². The van der Waals surface area contributed by atoms with Gasteiger partial charge < -0.3 is 10.1 Å². The fourth-order valence-corrected chi connectivity index (χ4v) is 4.56. The zero-order chi connectivity index (χ0) is 20.9. The Balaban J connectivity index is 1.61. The van der Waals surface area contributed by atoms with E-state index in [-0.39, 0.29) is 16.3 Å². The molecule has 8 nitrogen and oxygen atoms in total. The van der Waals surface area contributed by atoms with Gasteiger partial charge in [0.05, 0.1) is 15.5 Å². The molecule has 0 bridgehead atoms. The van der Waals surface area contributed by atoms with Crippen molar-refractivity contribution in [2.24, 2.45) is 0 Å². The molecule has 0 spiro atoms. The van der Waals surface area contributed by atoms with Crippen LogP contribution in [0, 0.1) is 0 Å². The van der Waals surface area contributed by atoms with Crippen molar-refractivity contribution in [1.82, 2.24) is 9.29 Å². The van der Waals surface area contributed by atoms with Gasteiger partial charge in [0.2, 0.25) is 10.0 Å². The van der Waals surface area contributed by atoms with Gasteiger partial charge in [0.1, 0.15) is 5.82 Å².